The third-order valence-corrected chi connectivity index (χ3v) is 12.5. The molecule has 0 bridgehead atoms. The van der Waals surface area contributed by atoms with Crippen molar-refractivity contribution in [1.29, 1.82) is 0 Å². The molecule has 5 fully saturated rings. The van der Waals surface area contributed by atoms with Crippen molar-refractivity contribution in [2.75, 3.05) is 71.3 Å². The normalized spacial score (nSPS) is 29.1. The average Bonchev–Trinajstić information content (AvgIpc) is 3.86. The van der Waals surface area contributed by atoms with Crippen LogP contribution in [0, 0.1) is 18.2 Å². The maximum absolute atomic E-state index is 17.2. The molecular weight excluding hydrogens is 693 g/mol. The quantitative estimate of drug-likeness (QED) is 0.268. The highest BCUT2D eigenvalue weighted by molar-refractivity contribution is 6.33. The second kappa shape index (κ2) is 12.9. The van der Waals surface area contributed by atoms with Gasteiger partial charge in [-0.1, -0.05) is 18.0 Å². The summed E-state index contributed by atoms with van der Waals surface area (Å²) in [6, 6.07) is 2.53. The number of nitrogens with zero attached hydrogens (tertiary/aromatic N) is 6. The van der Waals surface area contributed by atoms with Crippen LogP contribution in [0.5, 0.6) is 11.9 Å². The molecule has 1 aromatic carbocycles. The van der Waals surface area contributed by atoms with E-state index in [1.807, 2.05) is 11.8 Å². The molecule has 3 aromatic heterocycles. The van der Waals surface area contributed by atoms with E-state index in [2.05, 4.69) is 15.1 Å². The molecule has 1 aliphatic carbocycles. The molecule has 278 valence electrons. The maximum Gasteiger partial charge on any atom is 0.319 e. The molecule has 9 rings (SSSR count). The van der Waals surface area contributed by atoms with E-state index in [0.29, 0.717) is 77.9 Å². The smallest absolute Gasteiger partial charge is 0.319 e. The number of piperidine rings is 1. The molecule has 1 spiro atoms. The fraction of sp³-hybridized carbons (Fsp3) is 0.622. The van der Waals surface area contributed by atoms with Gasteiger partial charge in [-0.3, -0.25) is 10.00 Å². The molecule has 4 atom stereocenters. The summed E-state index contributed by atoms with van der Waals surface area (Å²) >= 11 is 6.64. The SMILES string of the molecule is COc1nc(-c2c(C)c(Cl)cc3[nH]ncc23)c(F)c2nc(OCC34CCC[C@H]3N(C3COC5(COC5)C3)CCC4)nc(N3CCOC[C@@](C)(O)C3)c12. The zero-order valence-corrected chi connectivity index (χ0v) is 30.6. The molecule has 5 aliphatic rings. The van der Waals surface area contributed by atoms with Gasteiger partial charge >= 0.3 is 6.01 Å². The number of pyridine rings is 1. The monoisotopic (exact) mass is 737 g/mol. The first-order valence-electron chi connectivity index (χ1n) is 18.3. The molecule has 2 unspecified atom stereocenters. The first-order valence-corrected chi connectivity index (χ1v) is 18.7. The highest BCUT2D eigenvalue weighted by atomic mass is 35.5. The number of aromatic amines is 1. The number of likely N-dealkylation sites (tertiary alicyclic amines) is 1. The van der Waals surface area contributed by atoms with Crippen LogP contribution in [0.4, 0.5) is 10.2 Å². The zero-order chi connectivity index (χ0) is 35.8. The molecule has 2 N–H and O–H groups in total. The van der Waals surface area contributed by atoms with Gasteiger partial charge in [0, 0.05) is 40.0 Å². The summed E-state index contributed by atoms with van der Waals surface area (Å²) in [6.07, 6.45) is 7.97. The van der Waals surface area contributed by atoms with Crippen molar-refractivity contribution in [3.63, 3.8) is 0 Å². The minimum atomic E-state index is -1.19. The highest BCUT2D eigenvalue weighted by Gasteiger charge is 2.54. The van der Waals surface area contributed by atoms with E-state index in [0.717, 1.165) is 51.7 Å². The number of aromatic nitrogens is 5. The second-order valence-corrected chi connectivity index (χ2v) is 16.2. The second-order valence-electron chi connectivity index (χ2n) is 15.7. The van der Waals surface area contributed by atoms with Crippen LogP contribution in [0.15, 0.2) is 12.3 Å². The minimum Gasteiger partial charge on any atom is -0.480 e. The number of rotatable bonds is 7. The number of H-pyrrole nitrogens is 1. The van der Waals surface area contributed by atoms with E-state index in [1.165, 1.54) is 7.11 Å². The van der Waals surface area contributed by atoms with Gasteiger partial charge < -0.3 is 33.7 Å². The summed E-state index contributed by atoms with van der Waals surface area (Å²) in [5, 5.41) is 19.7. The van der Waals surface area contributed by atoms with Gasteiger partial charge in [-0.15, -0.1) is 0 Å². The Morgan fingerprint density at radius 3 is 2.77 bits per heavy atom. The standard InChI is InChI=1S/C37H45ClFN7O6/c1-21-24(38)12-25-23(14-40-44-25)27(21)30-29(39)31-28(33(41-30)48-3)32(45-10-11-49-17-35(2,47)16-45)43-34(42-31)51-18-36-7-4-6-26(36)46(9-5-8-36)22-13-37(52-15-22)19-50-20-37/h12,14,22,26,47H,4-11,13,15-20H2,1-3H3,(H,40,44)/t22?,26-,35+,36?/m1/s1. The fourth-order valence-electron chi connectivity index (χ4n) is 9.51. The van der Waals surface area contributed by atoms with Crippen LogP contribution >= 0.6 is 11.6 Å². The summed E-state index contributed by atoms with van der Waals surface area (Å²) < 4.78 is 47.3. The number of methoxy groups -OCH3 is 1. The summed E-state index contributed by atoms with van der Waals surface area (Å²) in [5.41, 5.74) is 0.423. The summed E-state index contributed by atoms with van der Waals surface area (Å²) in [4.78, 5) is 19.0. The topological polar surface area (TPSA) is 140 Å². The number of fused-ring (bicyclic) bond motifs is 3. The lowest BCUT2D eigenvalue weighted by molar-refractivity contribution is -0.184. The van der Waals surface area contributed by atoms with Crippen LogP contribution < -0.4 is 14.4 Å². The Morgan fingerprint density at radius 1 is 1.13 bits per heavy atom. The van der Waals surface area contributed by atoms with E-state index in [9.17, 15) is 5.11 Å². The van der Waals surface area contributed by atoms with Crippen LogP contribution in [-0.2, 0) is 14.2 Å². The number of β-amino-alcohol motifs (C(OH)–C–C–N with tert-alkyl or cyclic N) is 1. The van der Waals surface area contributed by atoms with Crippen molar-refractivity contribution in [3.8, 4) is 23.1 Å². The Balaban J connectivity index is 1.13. The molecule has 13 nitrogen and oxygen atoms in total. The van der Waals surface area contributed by atoms with Gasteiger partial charge in [0.05, 0.1) is 65.0 Å². The molecule has 0 amide bonds. The number of hydrogen-bond donors (Lipinski definition) is 2. The van der Waals surface area contributed by atoms with Crippen molar-refractivity contribution in [1.82, 2.24) is 30.0 Å². The zero-order valence-electron chi connectivity index (χ0n) is 29.8. The molecule has 4 aliphatic heterocycles. The molecule has 52 heavy (non-hydrogen) atoms. The average molecular weight is 738 g/mol. The fourth-order valence-corrected chi connectivity index (χ4v) is 9.71. The van der Waals surface area contributed by atoms with Gasteiger partial charge in [0.1, 0.15) is 33.6 Å². The Bertz CT molecular complexity index is 2030. The number of halogens is 2. The van der Waals surface area contributed by atoms with Crippen molar-refractivity contribution >= 4 is 39.2 Å². The van der Waals surface area contributed by atoms with Gasteiger partial charge in [0.25, 0.3) is 0 Å². The van der Waals surface area contributed by atoms with Crippen LogP contribution in [-0.4, -0.2) is 125 Å². The minimum absolute atomic E-state index is 0.00420. The number of aliphatic hydroxyl groups is 1. The predicted molar refractivity (Wildman–Crippen MR) is 192 cm³/mol. The molecule has 1 saturated carbocycles. The lowest BCUT2D eigenvalue weighted by atomic mass is 9.74. The van der Waals surface area contributed by atoms with Crippen molar-refractivity contribution in [2.24, 2.45) is 5.41 Å². The third kappa shape index (κ3) is 5.68. The first-order chi connectivity index (χ1) is 25.1. The Labute approximate surface area is 306 Å². The van der Waals surface area contributed by atoms with Gasteiger partial charge in [-0.25, -0.2) is 9.37 Å². The molecule has 7 heterocycles. The Hall–Kier alpha value is -3.40. The van der Waals surface area contributed by atoms with Crippen LogP contribution in [0.3, 0.4) is 0 Å². The number of anilines is 1. The summed E-state index contributed by atoms with van der Waals surface area (Å²) in [7, 11) is 1.49. The van der Waals surface area contributed by atoms with Gasteiger partial charge in [-0.2, -0.15) is 15.1 Å². The van der Waals surface area contributed by atoms with Crippen LogP contribution in [0.2, 0.25) is 5.02 Å². The third-order valence-electron chi connectivity index (χ3n) is 12.1. The molecule has 15 heteroatoms. The van der Waals surface area contributed by atoms with Gasteiger partial charge in [0.15, 0.2) is 5.82 Å². The largest absolute Gasteiger partial charge is 0.480 e. The highest BCUT2D eigenvalue weighted by Crippen LogP contribution is 2.50. The lowest BCUT2D eigenvalue weighted by Gasteiger charge is -2.48. The number of hydrogen-bond acceptors (Lipinski definition) is 12. The number of nitrogens with one attached hydrogen (secondary N) is 1. The maximum atomic E-state index is 17.2. The number of ether oxygens (including phenoxy) is 5. The van der Waals surface area contributed by atoms with E-state index in [-0.39, 0.29) is 52.7 Å². The van der Waals surface area contributed by atoms with Crippen LogP contribution in [0.25, 0.3) is 33.1 Å². The summed E-state index contributed by atoms with van der Waals surface area (Å²) in [6.45, 7) is 8.14. The van der Waals surface area contributed by atoms with Crippen molar-refractivity contribution < 1.29 is 33.2 Å². The molecule has 4 aromatic rings. The number of benzene rings is 1. The summed E-state index contributed by atoms with van der Waals surface area (Å²) in [5.74, 6) is -0.163. The Morgan fingerprint density at radius 2 is 1.98 bits per heavy atom. The van der Waals surface area contributed by atoms with Crippen molar-refractivity contribution in [3.05, 3.63) is 28.7 Å². The lowest BCUT2D eigenvalue weighted by Crippen LogP contribution is -2.56. The molecular formula is C37H45ClFN7O6. The first kappa shape index (κ1) is 34.4. The van der Waals surface area contributed by atoms with E-state index in [4.69, 9.17) is 50.2 Å². The van der Waals surface area contributed by atoms with E-state index >= 15 is 4.39 Å². The van der Waals surface area contributed by atoms with Gasteiger partial charge in [-0.05, 0) is 64.1 Å². The molecule has 0 radical (unpaired) electrons. The van der Waals surface area contributed by atoms with E-state index in [1.54, 1.807) is 19.2 Å². The Kier molecular flexibility index (Phi) is 8.51. The van der Waals surface area contributed by atoms with Crippen LogP contribution in [0.1, 0.15) is 51.0 Å². The molecule has 4 saturated heterocycles. The van der Waals surface area contributed by atoms with Crippen molar-refractivity contribution in [2.45, 2.75) is 75.7 Å². The van der Waals surface area contributed by atoms with Gasteiger partial charge in [0.2, 0.25) is 5.88 Å². The van der Waals surface area contributed by atoms with E-state index < -0.39 is 11.4 Å². The predicted octanol–water partition coefficient (Wildman–Crippen LogP) is 4.84.